The highest BCUT2D eigenvalue weighted by Gasteiger charge is 2.27. The number of imidazole rings is 1. The van der Waals surface area contributed by atoms with Crippen molar-refractivity contribution in [3.05, 3.63) is 41.4 Å². The number of aromatic nitrogens is 2. The molecule has 0 radical (unpaired) electrons. The minimum absolute atomic E-state index is 0.240. The molecule has 5 nitrogen and oxygen atoms in total. The SMILES string of the molecule is CNc1cn2cc(C(=N)C3=C(N)CC(C)(C)CC3)ccc2n1. The summed E-state index contributed by atoms with van der Waals surface area (Å²) in [6.45, 7) is 4.47. The van der Waals surface area contributed by atoms with E-state index in [0.29, 0.717) is 5.71 Å². The van der Waals surface area contributed by atoms with Gasteiger partial charge in [0, 0.05) is 24.5 Å². The molecule has 4 N–H and O–H groups in total. The maximum absolute atomic E-state index is 8.52. The summed E-state index contributed by atoms with van der Waals surface area (Å²) >= 11 is 0. The molecule has 2 heterocycles. The average Bonchev–Trinajstić information content (AvgIpc) is 2.87. The summed E-state index contributed by atoms with van der Waals surface area (Å²) in [6, 6.07) is 3.89. The largest absolute Gasteiger partial charge is 0.402 e. The van der Waals surface area contributed by atoms with Crippen LogP contribution >= 0.6 is 0 Å². The van der Waals surface area contributed by atoms with Crippen molar-refractivity contribution in [3.8, 4) is 0 Å². The van der Waals surface area contributed by atoms with E-state index in [9.17, 15) is 0 Å². The van der Waals surface area contributed by atoms with Gasteiger partial charge in [0.1, 0.15) is 11.5 Å². The molecule has 0 spiro atoms. The Morgan fingerprint density at radius 1 is 1.36 bits per heavy atom. The first kappa shape index (κ1) is 14.6. The molecule has 0 unspecified atom stereocenters. The fraction of sp³-hybridized carbons (Fsp3) is 0.412. The lowest BCUT2D eigenvalue weighted by Gasteiger charge is -2.31. The van der Waals surface area contributed by atoms with Crippen LogP contribution in [0.5, 0.6) is 0 Å². The Hall–Kier alpha value is -2.30. The predicted molar refractivity (Wildman–Crippen MR) is 90.4 cm³/mol. The summed E-state index contributed by atoms with van der Waals surface area (Å²) in [6.07, 6.45) is 6.69. The van der Waals surface area contributed by atoms with Crippen molar-refractivity contribution in [3.63, 3.8) is 0 Å². The Labute approximate surface area is 130 Å². The van der Waals surface area contributed by atoms with Crippen molar-refractivity contribution in [1.29, 1.82) is 5.41 Å². The smallest absolute Gasteiger partial charge is 0.145 e. The Bertz CT molecular complexity index is 766. The quantitative estimate of drug-likeness (QED) is 0.761. The first-order chi connectivity index (χ1) is 10.4. The lowest BCUT2D eigenvalue weighted by atomic mass is 9.75. The highest BCUT2D eigenvalue weighted by Crippen LogP contribution is 2.37. The van der Waals surface area contributed by atoms with E-state index < -0.39 is 0 Å². The third-order valence-corrected chi connectivity index (χ3v) is 4.41. The molecule has 1 aliphatic carbocycles. The Kier molecular flexibility index (Phi) is 3.43. The van der Waals surface area contributed by atoms with Crippen molar-refractivity contribution < 1.29 is 0 Å². The average molecular weight is 297 g/mol. The molecule has 0 aromatic carbocycles. The number of nitrogens with two attached hydrogens (primary N) is 1. The number of rotatable bonds is 3. The second-order valence-corrected chi connectivity index (χ2v) is 6.78. The van der Waals surface area contributed by atoms with Gasteiger partial charge in [-0.25, -0.2) is 4.98 Å². The molecule has 2 aromatic rings. The molecule has 0 bridgehead atoms. The number of fused-ring (bicyclic) bond motifs is 1. The first-order valence-corrected chi connectivity index (χ1v) is 7.63. The molecule has 1 aliphatic rings. The van der Waals surface area contributed by atoms with E-state index in [4.69, 9.17) is 11.1 Å². The van der Waals surface area contributed by atoms with E-state index in [2.05, 4.69) is 24.1 Å². The highest BCUT2D eigenvalue weighted by atomic mass is 15.1. The Morgan fingerprint density at radius 2 is 2.14 bits per heavy atom. The van der Waals surface area contributed by atoms with Gasteiger partial charge in [-0.05, 0) is 42.4 Å². The van der Waals surface area contributed by atoms with E-state index in [1.807, 2.05) is 36.0 Å². The Balaban J connectivity index is 1.95. The second-order valence-electron chi connectivity index (χ2n) is 6.78. The zero-order valence-corrected chi connectivity index (χ0v) is 13.4. The van der Waals surface area contributed by atoms with Crippen LogP contribution in [0.1, 0.15) is 38.7 Å². The molecule has 116 valence electrons. The molecule has 3 rings (SSSR count). The Morgan fingerprint density at radius 3 is 2.82 bits per heavy atom. The highest BCUT2D eigenvalue weighted by molar-refractivity contribution is 6.11. The van der Waals surface area contributed by atoms with Gasteiger partial charge in [0.25, 0.3) is 0 Å². The monoisotopic (exact) mass is 297 g/mol. The van der Waals surface area contributed by atoms with Gasteiger partial charge in [-0.2, -0.15) is 0 Å². The van der Waals surface area contributed by atoms with Crippen LogP contribution in [-0.4, -0.2) is 22.1 Å². The minimum Gasteiger partial charge on any atom is -0.402 e. The van der Waals surface area contributed by atoms with Crippen molar-refractivity contribution in [2.45, 2.75) is 33.1 Å². The number of allylic oxidation sites excluding steroid dienone is 2. The zero-order chi connectivity index (χ0) is 15.9. The maximum atomic E-state index is 8.52. The van der Waals surface area contributed by atoms with Gasteiger partial charge < -0.3 is 15.5 Å². The second kappa shape index (κ2) is 5.16. The van der Waals surface area contributed by atoms with E-state index >= 15 is 0 Å². The molecular weight excluding hydrogens is 274 g/mol. The van der Waals surface area contributed by atoms with Crippen LogP contribution in [0.2, 0.25) is 0 Å². The first-order valence-electron chi connectivity index (χ1n) is 7.63. The van der Waals surface area contributed by atoms with E-state index in [0.717, 1.165) is 47.6 Å². The molecule has 0 atom stereocenters. The van der Waals surface area contributed by atoms with Gasteiger partial charge in [-0.15, -0.1) is 0 Å². The lowest BCUT2D eigenvalue weighted by molar-refractivity contribution is 0.315. The van der Waals surface area contributed by atoms with Gasteiger partial charge in [0.2, 0.25) is 0 Å². The summed E-state index contributed by atoms with van der Waals surface area (Å²) in [4.78, 5) is 4.42. The van der Waals surface area contributed by atoms with Crippen LogP contribution in [0.25, 0.3) is 5.65 Å². The van der Waals surface area contributed by atoms with Gasteiger partial charge in [0.05, 0.1) is 11.9 Å². The van der Waals surface area contributed by atoms with Gasteiger partial charge in [-0.1, -0.05) is 13.8 Å². The topological polar surface area (TPSA) is 79.2 Å². The molecule has 0 aliphatic heterocycles. The fourth-order valence-corrected chi connectivity index (χ4v) is 3.05. The molecule has 0 saturated carbocycles. The fourth-order valence-electron chi connectivity index (χ4n) is 3.05. The standard InChI is InChI=1S/C17H23N5/c1-17(2)7-6-12(13(18)8-17)16(19)11-4-5-15-21-14(20-3)10-22(15)9-11/h4-5,9-10,19-20H,6-8,18H2,1-3H3. The number of anilines is 1. The van der Waals surface area contributed by atoms with Gasteiger partial charge in [0.15, 0.2) is 0 Å². The third-order valence-electron chi connectivity index (χ3n) is 4.41. The summed E-state index contributed by atoms with van der Waals surface area (Å²) in [5, 5.41) is 11.6. The summed E-state index contributed by atoms with van der Waals surface area (Å²) in [5.41, 5.74) is 10.6. The van der Waals surface area contributed by atoms with Crippen molar-refractivity contribution in [2.24, 2.45) is 11.1 Å². The van der Waals surface area contributed by atoms with Crippen LogP contribution in [0.3, 0.4) is 0 Å². The number of nitrogens with zero attached hydrogens (tertiary/aromatic N) is 2. The van der Waals surface area contributed by atoms with Crippen molar-refractivity contribution in [2.75, 3.05) is 12.4 Å². The van der Waals surface area contributed by atoms with Crippen LogP contribution in [0.15, 0.2) is 35.8 Å². The number of hydrogen-bond acceptors (Lipinski definition) is 4. The predicted octanol–water partition coefficient (Wildman–Crippen LogP) is 3.17. The van der Waals surface area contributed by atoms with Gasteiger partial charge in [-0.3, -0.25) is 5.41 Å². The van der Waals surface area contributed by atoms with Crippen molar-refractivity contribution >= 4 is 17.2 Å². The summed E-state index contributed by atoms with van der Waals surface area (Å²) in [5.74, 6) is 0.821. The van der Waals surface area contributed by atoms with E-state index in [1.165, 1.54) is 0 Å². The number of nitrogens with one attached hydrogen (secondary N) is 2. The number of pyridine rings is 1. The van der Waals surface area contributed by atoms with Crippen LogP contribution < -0.4 is 11.1 Å². The zero-order valence-electron chi connectivity index (χ0n) is 13.4. The molecule has 0 amide bonds. The van der Waals surface area contributed by atoms with Crippen molar-refractivity contribution in [1.82, 2.24) is 9.38 Å². The minimum atomic E-state index is 0.240. The van der Waals surface area contributed by atoms with Gasteiger partial charge >= 0.3 is 0 Å². The van der Waals surface area contributed by atoms with Crippen LogP contribution in [0, 0.1) is 10.8 Å². The molecule has 22 heavy (non-hydrogen) atoms. The summed E-state index contributed by atoms with van der Waals surface area (Å²) < 4.78 is 1.94. The number of hydrogen-bond donors (Lipinski definition) is 3. The van der Waals surface area contributed by atoms with E-state index in [1.54, 1.807) is 0 Å². The lowest BCUT2D eigenvalue weighted by Crippen LogP contribution is -2.25. The normalized spacial score (nSPS) is 17.8. The van der Waals surface area contributed by atoms with Crippen LogP contribution in [0.4, 0.5) is 5.82 Å². The molecular formula is C17H23N5. The molecule has 0 fully saturated rings. The molecule has 5 heteroatoms. The third kappa shape index (κ3) is 2.58. The van der Waals surface area contributed by atoms with E-state index in [-0.39, 0.29) is 5.41 Å². The molecule has 2 aromatic heterocycles. The summed E-state index contributed by atoms with van der Waals surface area (Å²) in [7, 11) is 1.85. The maximum Gasteiger partial charge on any atom is 0.145 e. The molecule has 0 saturated heterocycles. The van der Waals surface area contributed by atoms with Crippen LogP contribution in [-0.2, 0) is 0 Å².